The molecular weight excluding hydrogens is 334 g/mol. The smallest absolute Gasteiger partial charge is 0.191 e. The van der Waals surface area contributed by atoms with E-state index in [1.54, 1.807) is 0 Å². The van der Waals surface area contributed by atoms with Gasteiger partial charge in [-0.1, -0.05) is 30.3 Å². The van der Waals surface area contributed by atoms with Crippen molar-refractivity contribution >= 4 is 5.96 Å². The van der Waals surface area contributed by atoms with Crippen molar-refractivity contribution in [2.75, 3.05) is 40.3 Å². The van der Waals surface area contributed by atoms with Crippen LogP contribution in [0.15, 0.2) is 35.3 Å². The summed E-state index contributed by atoms with van der Waals surface area (Å²) in [7, 11) is 4.36. The topological polar surface area (TPSA) is 42.9 Å². The van der Waals surface area contributed by atoms with E-state index in [9.17, 15) is 0 Å². The second-order valence-electron chi connectivity index (χ2n) is 8.27. The van der Waals surface area contributed by atoms with Gasteiger partial charge in [0.1, 0.15) is 0 Å². The van der Waals surface area contributed by atoms with Crippen LogP contribution < -0.4 is 10.6 Å². The molecule has 1 saturated heterocycles. The number of likely N-dealkylation sites (N-methyl/N-ethyl adjacent to an activating group) is 1. The largest absolute Gasteiger partial charge is 0.357 e. The first-order chi connectivity index (χ1) is 13.2. The highest BCUT2D eigenvalue weighted by Gasteiger charge is 2.32. The molecular formula is C22H37N5. The highest BCUT2D eigenvalue weighted by atomic mass is 15.2. The molecule has 1 aliphatic carbocycles. The first kappa shape index (κ1) is 20.2. The maximum atomic E-state index is 4.92. The number of rotatable bonds is 8. The van der Waals surface area contributed by atoms with Crippen molar-refractivity contribution in [1.82, 2.24) is 20.4 Å². The first-order valence-electron chi connectivity index (χ1n) is 10.6. The molecule has 1 unspecified atom stereocenters. The second-order valence-corrected chi connectivity index (χ2v) is 8.27. The van der Waals surface area contributed by atoms with Crippen molar-refractivity contribution in [2.45, 2.75) is 51.2 Å². The number of hydrogen-bond donors (Lipinski definition) is 2. The molecule has 1 heterocycles. The van der Waals surface area contributed by atoms with Gasteiger partial charge in [-0.05, 0) is 58.2 Å². The summed E-state index contributed by atoms with van der Waals surface area (Å²) in [5.74, 6) is 1.83. The van der Waals surface area contributed by atoms with Gasteiger partial charge in [0.25, 0.3) is 0 Å². The maximum Gasteiger partial charge on any atom is 0.191 e. The number of piperidine rings is 1. The summed E-state index contributed by atoms with van der Waals surface area (Å²) < 4.78 is 0. The standard InChI is InChI=1S/C22H37N5/c1-4-23-22(24-16-21(26(2)3)19-10-11-19)25-20-12-14-27(15-13-20)17-18-8-6-5-7-9-18/h5-9,19-21H,4,10-17H2,1-3H3,(H2,23,24,25). The van der Waals surface area contributed by atoms with Crippen LogP contribution in [0.2, 0.25) is 0 Å². The zero-order chi connectivity index (χ0) is 19.1. The van der Waals surface area contributed by atoms with Crippen LogP contribution in [0.5, 0.6) is 0 Å². The average Bonchev–Trinajstić information content (AvgIpc) is 3.49. The molecule has 0 spiro atoms. The highest BCUT2D eigenvalue weighted by molar-refractivity contribution is 5.80. The van der Waals surface area contributed by atoms with Crippen molar-refractivity contribution in [3.8, 4) is 0 Å². The minimum Gasteiger partial charge on any atom is -0.357 e. The molecule has 1 aliphatic heterocycles. The number of guanidine groups is 1. The lowest BCUT2D eigenvalue weighted by atomic mass is 10.0. The van der Waals surface area contributed by atoms with Crippen LogP contribution in [0.1, 0.15) is 38.2 Å². The number of aliphatic imine (C=N–C) groups is 1. The monoisotopic (exact) mass is 371 g/mol. The van der Waals surface area contributed by atoms with Crippen LogP contribution >= 0.6 is 0 Å². The van der Waals surface area contributed by atoms with E-state index in [-0.39, 0.29) is 0 Å². The van der Waals surface area contributed by atoms with E-state index in [0.29, 0.717) is 12.1 Å². The summed E-state index contributed by atoms with van der Waals surface area (Å²) in [6, 6.07) is 11.9. The lowest BCUT2D eigenvalue weighted by Gasteiger charge is -2.33. The Morgan fingerprint density at radius 3 is 2.44 bits per heavy atom. The van der Waals surface area contributed by atoms with Crippen LogP contribution in [0.4, 0.5) is 0 Å². The fourth-order valence-corrected chi connectivity index (χ4v) is 3.99. The number of nitrogens with one attached hydrogen (secondary N) is 2. The zero-order valence-electron chi connectivity index (χ0n) is 17.3. The van der Waals surface area contributed by atoms with E-state index >= 15 is 0 Å². The number of nitrogens with zero attached hydrogens (tertiary/aromatic N) is 3. The normalized spacial score (nSPS) is 20.7. The average molecular weight is 372 g/mol. The van der Waals surface area contributed by atoms with Crippen molar-refractivity contribution in [3.05, 3.63) is 35.9 Å². The van der Waals surface area contributed by atoms with Crippen LogP contribution in [-0.2, 0) is 6.54 Å². The molecule has 1 atom stereocenters. The Balaban J connectivity index is 1.46. The number of hydrogen-bond acceptors (Lipinski definition) is 3. The Hall–Kier alpha value is -1.59. The Morgan fingerprint density at radius 1 is 1.15 bits per heavy atom. The van der Waals surface area contributed by atoms with Crippen molar-refractivity contribution < 1.29 is 0 Å². The first-order valence-corrected chi connectivity index (χ1v) is 10.6. The molecule has 1 saturated carbocycles. The lowest BCUT2D eigenvalue weighted by molar-refractivity contribution is 0.198. The lowest BCUT2D eigenvalue weighted by Crippen LogP contribution is -2.49. The Morgan fingerprint density at radius 2 is 1.85 bits per heavy atom. The maximum absolute atomic E-state index is 4.92. The van der Waals surface area contributed by atoms with Crippen LogP contribution in [0.3, 0.4) is 0 Å². The summed E-state index contributed by atoms with van der Waals surface area (Å²) in [4.78, 5) is 9.82. The highest BCUT2D eigenvalue weighted by Crippen LogP contribution is 2.34. The predicted molar refractivity (Wildman–Crippen MR) is 114 cm³/mol. The fraction of sp³-hybridized carbons (Fsp3) is 0.682. The number of likely N-dealkylation sites (tertiary alicyclic amines) is 1. The van der Waals surface area contributed by atoms with E-state index in [4.69, 9.17) is 4.99 Å². The molecule has 1 aromatic carbocycles. The van der Waals surface area contributed by atoms with E-state index in [0.717, 1.165) is 44.6 Å². The molecule has 2 fully saturated rings. The van der Waals surface area contributed by atoms with Crippen molar-refractivity contribution in [1.29, 1.82) is 0 Å². The quantitative estimate of drug-likeness (QED) is 0.544. The molecule has 150 valence electrons. The van der Waals surface area contributed by atoms with Crippen LogP contribution in [0, 0.1) is 5.92 Å². The fourth-order valence-electron chi connectivity index (χ4n) is 3.99. The third-order valence-electron chi connectivity index (χ3n) is 5.79. The van der Waals surface area contributed by atoms with E-state index in [1.807, 2.05) is 0 Å². The summed E-state index contributed by atoms with van der Waals surface area (Å²) >= 11 is 0. The molecule has 5 nitrogen and oxygen atoms in total. The molecule has 0 amide bonds. The minimum atomic E-state index is 0.522. The van der Waals surface area contributed by atoms with Gasteiger partial charge in [0.2, 0.25) is 0 Å². The Bertz CT molecular complexity index is 572. The Kier molecular flexibility index (Phi) is 7.53. The van der Waals surface area contributed by atoms with E-state index in [1.165, 1.54) is 31.2 Å². The van der Waals surface area contributed by atoms with Gasteiger partial charge in [-0.2, -0.15) is 0 Å². The summed E-state index contributed by atoms with van der Waals surface area (Å²) in [5.41, 5.74) is 1.41. The summed E-state index contributed by atoms with van der Waals surface area (Å²) in [6.07, 6.45) is 5.08. The third-order valence-corrected chi connectivity index (χ3v) is 5.79. The summed E-state index contributed by atoms with van der Waals surface area (Å²) in [5, 5.41) is 7.13. The molecule has 5 heteroatoms. The second kappa shape index (κ2) is 10.1. The van der Waals surface area contributed by atoms with Gasteiger partial charge in [0.15, 0.2) is 5.96 Å². The molecule has 2 aliphatic rings. The minimum absolute atomic E-state index is 0.522. The van der Waals surface area contributed by atoms with Gasteiger partial charge in [0.05, 0.1) is 6.54 Å². The molecule has 0 aromatic heterocycles. The van der Waals surface area contributed by atoms with Crippen LogP contribution in [-0.4, -0.2) is 68.1 Å². The predicted octanol–water partition coefficient (Wildman–Crippen LogP) is 2.55. The van der Waals surface area contributed by atoms with Gasteiger partial charge in [0, 0.05) is 38.3 Å². The van der Waals surface area contributed by atoms with Gasteiger partial charge >= 0.3 is 0 Å². The Labute approximate surface area is 165 Å². The molecule has 2 N–H and O–H groups in total. The molecule has 3 rings (SSSR count). The van der Waals surface area contributed by atoms with Gasteiger partial charge < -0.3 is 15.5 Å². The molecule has 1 aromatic rings. The van der Waals surface area contributed by atoms with E-state index < -0.39 is 0 Å². The molecule has 0 radical (unpaired) electrons. The molecule has 0 bridgehead atoms. The van der Waals surface area contributed by atoms with Crippen molar-refractivity contribution in [3.63, 3.8) is 0 Å². The van der Waals surface area contributed by atoms with Gasteiger partial charge in [-0.25, -0.2) is 0 Å². The third kappa shape index (κ3) is 6.51. The number of benzene rings is 1. The van der Waals surface area contributed by atoms with Gasteiger partial charge in [-0.15, -0.1) is 0 Å². The zero-order valence-corrected chi connectivity index (χ0v) is 17.3. The summed E-state index contributed by atoms with van der Waals surface area (Å²) in [6.45, 7) is 7.30. The van der Waals surface area contributed by atoms with Crippen LogP contribution in [0.25, 0.3) is 0 Å². The van der Waals surface area contributed by atoms with Gasteiger partial charge in [-0.3, -0.25) is 9.89 Å². The molecule has 27 heavy (non-hydrogen) atoms. The van der Waals surface area contributed by atoms with Crippen molar-refractivity contribution in [2.24, 2.45) is 10.9 Å². The van der Waals surface area contributed by atoms with E-state index in [2.05, 4.69) is 71.8 Å². The SMILES string of the molecule is CCNC(=NCC(C1CC1)N(C)C)NC1CCN(Cc2ccccc2)CC1.